The standard InChI is InChI=1S/C31H28FN3O3/c1-31(2,37)35(19-22-12-14-24(32)15-13-22)28-11-7-6-10-26(28)30(38-20-23-8-4-3-5-9-23)29(35)27-17-16-25(18-33-27)34-21-36/h3-18,21,37H,19-20H2,1-2H3/p+1. The van der Waals surface area contributed by atoms with Crippen molar-refractivity contribution in [3.05, 3.63) is 125 Å². The molecule has 192 valence electrons. The number of aliphatic hydroxyl groups is 1. The number of ether oxygens (including phenoxy) is 1. The second kappa shape index (κ2) is 10.2. The number of amides is 1. The third-order valence-electron chi connectivity index (χ3n) is 6.88. The van der Waals surface area contributed by atoms with E-state index in [1.807, 2.05) is 60.7 Å². The van der Waals surface area contributed by atoms with Crippen LogP contribution in [-0.2, 0) is 22.7 Å². The van der Waals surface area contributed by atoms with E-state index in [0.717, 1.165) is 22.4 Å². The van der Waals surface area contributed by atoms with E-state index in [1.165, 1.54) is 12.1 Å². The maximum absolute atomic E-state index is 13.8. The Morgan fingerprint density at radius 1 is 0.947 bits per heavy atom. The molecule has 5 rings (SSSR count). The highest BCUT2D eigenvalue weighted by atomic mass is 19.1. The number of carbonyl (C=O) groups is 1. The van der Waals surface area contributed by atoms with Gasteiger partial charge in [-0.3, -0.25) is 4.79 Å². The van der Waals surface area contributed by atoms with E-state index in [0.29, 0.717) is 42.4 Å². The summed E-state index contributed by atoms with van der Waals surface area (Å²) in [4.78, 5) is 15.7. The highest BCUT2D eigenvalue weighted by Gasteiger charge is 2.57. The van der Waals surface area contributed by atoms with Crippen molar-refractivity contribution in [3.63, 3.8) is 0 Å². The molecule has 0 bridgehead atoms. The molecular formula is C31H29FN3O3+. The van der Waals surface area contributed by atoms with E-state index in [2.05, 4.69) is 10.3 Å². The SMILES string of the molecule is CC(C)(O)[N+]1(Cc2ccc(F)cc2)C(c2ccc(NC=O)cn2)=C(OCc2ccccc2)c2ccccc21. The van der Waals surface area contributed by atoms with E-state index in [1.54, 1.807) is 38.2 Å². The molecule has 4 aromatic rings. The summed E-state index contributed by atoms with van der Waals surface area (Å²) in [7, 11) is 0. The summed E-state index contributed by atoms with van der Waals surface area (Å²) >= 11 is 0. The Kier molecular flexibility index (Phi) is 6.80. The Hall–Kier alpha value is -4.33. The van der Waals surface area contributed by atoms with Crippen molar-refractivity contribution in [3.8, 4) is 0 Å². The maximum Gasteiger partial charge on any atom is 0.211 e. The molecule has 1 aromatic heterocycles. The highest BCUT2D eigenvalue weighted by molar-refractivity contribution is 6.01. The smallest absolute Gasteiger partial charge is 0.211 e. The lowest BCUT2D eigenvalue weighted by Gasteiger charge is -2.45. The lowest BCUT2D eigenvalue weighted by atomic mass is 10.0. The van der Waals surface area contributed by atoms with Crippen LogP contribution in [0.4, 0.5) is 15.8 Å². The molecular weight excluding hydrogens is 481 g/mol. The molecule has 1 amide bonds. The first-order valence-corrected chi connectivity index (χ1v) is 12.4. The number of aromatic nitrogens is 1. The van der Waals surface area contributed by atoms with Gasteiger partial charge in [-0.05, 0) is 35.9 Å². The number of halogens is 1. The summed E-state index contributed by atoms with van der Waals surface area (Å²) in [6, 6.07) is 27.6. The van der Waals surface area contributed by atoms with Crippen molar-refractivity contribution in [1.82, 2.24) is 9.47 Å². The van der Waals surface area contributed by atoms with Crippen LogP contribution in [0.1, 0.15) is 36.2 Å². The molecule has 1 unspecified atom stereocenters. The zero-order valence-electron chi connectivity index (χ0n) is 21.3. The molecule has 0 radical (unpaired) electrons. The molecule has 0 spiro atoms. The number of nitrogens with one attached hydrogen (secondary N) is 1. The van der Waals surface area contributed by atoms with Crippen LogP contribution in [0.3, 0.4) is 0 Å². The Morgan fingerprint density at radius 2 is 1.66 bits per heavy atom. The fraction of sp³-hybridized carbons (Fsp3) is 0.161. The average molecular weight is 511 g/mol. The minimum atomic E-state index is -1.33. The summed E-state index contributed by atoms with van der Waals surface area (Å²) in [5.41, 5.74) is 4.01. The summed E-state index contributed by atoms with van der Waals surface area (Å²) in [6.07, 6.45) is 2.17. The summed E-state index contributed by atoms with van der Waals surface area (Å²) in [6.45, 7) is 4.16. The van der Waals surface area contributed by atoms with Crippen molar-refractivity contribution in [2.75, 3.05) is 5.32 Å². The number of fused-ring (bicyclic) bond motifs is 1. The Balaban J connectivity index is 1.75. The molecule has 3 aromatic carbocycles. The van der Waals surface area contributed by atoms with E-state index in [9.17, 15) is 14.3 Å². The predicted octanol–water partition coefficient (Wildman–Crippen LogP) is 6.08. The number of benzene rings is 3. The predicted molar refractivity (Wildman–Crippen MR) is 147 cm³/mol. The van der Waals surface area contributed by atoms with Gasteiger partial charge in [-0.1, -0.05) is 54.6 Å². The van der Waals surface area contributed by atoms with Crippen molar-refractivity contribution in [2.24, 2.45) is 0 Å². The van der Waals surface area contributed by atoms with Gasteiger partial charge in [-0.2, -0.15) is 0 Å². The zero-order chi connectivity index (χ0) is 26.8. The third-order valence-corrected chi connectivity index (χ3v) is 6.88. The molecule has 0 saturated carbocycles. The van der Waals surface area contributed by atoms with E-state index < -0.39 is 5.72 Å². The highest BCUT2D eigenvalue weighted by Crippen LogP contribution is 2.54. The molecule has 38 heavy (non-hydrogen) atoms. The minimum absolute atomic E-state index is 0.0214. The Labute approximate surface area is 221 Å². The van der Waals surface area contributed by atoms with Crippen LogP contribution in [0.5, 0.6) is 0 Å². The number of rotatable bonds is 9. The van der Waals surface area contributed by atoms with Crippen molar-refractivity contribution in [1.29, 1.82) is 0 Å². The Bertz CT molecular complexity index is 1460. The van der Waals surface area contributed by atoms with Gasteiger partial charge in [0.15, 0.2) is 11.4 Å². The number of hydrogen-bond donors (Lipinski definition) is 2. The van der Waals surface area contributed by atoms with Crippen LogP contribution < -0.4 is 9.80 Å². The molecule has 0 saturated heterocycles. The molecule has 1 atom stereocenters. The molecule has 0 fully saturated rings. The molecule has 1 aliphatic rings. The van der Waals surface area contributed by atoms with Gasteiger partial charge in [-0.25, -0.2) is 13.9 Å². The zero-order valence-corrected chi connectivity index (χ0v) is 21.3. The van der Waals surface area contributed by atoms with Crippen LogP contribution in [0.2, 0.25) is 0 Å². The molecule has 2 heterocycles. The first-order chi connectivity index (χ1) is 18.3. The van der Waals surface area contributed by atoms with E-state index in [4.69, 9.17) is 4.74 Å². The molecule has 0 aliphatic carbocycles. The van der Waals surface area contributed by atoms with Crippen LogP contribution in [0, 0.1) is 5.82 Å². The van der Waals surface area contributed by atoms with Crippen molar-refractivity contribution < 1.29 is 19.0 Å². The minimum Gasteiger partial charge on any atom is -0.482 e. The van der Waals surface area contributed by atoms with E-state index in [-0.39, 0.29) is 10.3 Å². The van der Waals surface area contributed by atoms with Gasteiger partial charge in [0.2, 0.25) is 17.8 Å². The number of pyridine rings is 1. The number of hydrogen-bond acceptors (Lipinski definition) is 4. The first kappa shape index (κ1) is 25.3. The number of carbonyl (C=O) groups excluding carboxylic acids is 1. The second-order valence-electron chi connectivity index (χ2n) is 9.75. The van der Waals surface area contributed by atoms with Gasteiger partial charge in [0.25, 0.3) is 0 Å². The molecule has 6 nitrogen and oxygen atoms in total. The lowest BCUT2D eigenvalue weighted by Crippen LogP contribution is -2.60. The van der Waals surface area contributed by atoms with Gasteiger partial charge in [-0.15, -0.1) is 0 Å². The van der Waals surface area contributed by atoms with Crippen LogP contribution in [-0.4, -0.2) is 22.2 Å². The quantitative estimate of drug-likeness (QED) is 0.211. The third kappa shape index (κ3) is 4.58. The van der Waals surface area contributed by atoms with Crippen molar-refractivity contribution >= 4 is 29.2 Å². The maximum atomic E-state index is 13.8. The van der Waals surface area contributed by atoms with Gasteiger partial charge in [0.1, 0.15) is 24.7 Å². The van der Waals surface area contributed by atoms with Gasteiger partial charge < -0.3 is 15.2 Å². The fourth-order valence-corrected chi connectivity index (χ4v) is 5.08. The summed E-state index contributed by atoms with van der Waals surface area (Å²) < 4.78 is 20.3. The monoisotopic (exact) mass is 510 g/mol. The summed E-state index contributed by atoms with van der Waals surface area (Å²) in [5.74, 6) is 0.283. The van der Waals surface area contributed by atoms with Crippen LogP contribution in [0.25, 0.3) is 11.5 Å². The van der Waals surface area contributed by atoms with E-state index >= 15 is 0 Å². The van der Waals surface area contributed by atoms with Crippen LogP contribution in [0.15, 0.2) is 97.2 Å². The normalized spacial score (nSPS) is 16.7. The average Bonchev–Trinajstić information content (AvgIpc) is 3.20. The number of quaternary nitrogens is 1. The van der Waals surface area contributed by atoms with Gasteiger partial charge in [0.05, 0.1) is 17.4 Å². The number of para-hydroxylation sites is 1. The lowest BCUT2D eigenvalue weighted by molar-refractivity contribution is -0.105. The number of anilines is 1. The summed E-state index contributed by atoms with van der Waals surface area (Å²) in [5, 5.41) is 14.5. The largest absolute Gasteiger partial charge is 0.482 e. The molecule has 7 heteroatoms. The van der Waals surface area contributed by atoms with Gasteiger partial charge in [0, 0.05) is 25.5 Å². The number of nitrogens with zero attached hydrogens (tertiary/aromatic N) is 2. The van der Waals surface area contributed by atoms with Crippen LogP contribution >= 0.6 is 0 Å². The topological polar surface area (TPSA) is 71.5 Å². The molecule has 1 aliphatic heterocycles. The second-order valence-corrected chi connectivity index (χ2v) is 9.75. The first-order valence-electron chi connectivity index (χ1n) is 12.4. The molecule has 2 N–H and O–H groups in total. The Morgan fingerprint density at radius 3 is 2.32 bits per heavy atom. The van der Waals surface area contributed by atoms with Crippen molar-refractivity contribution in [2.45, 2.75) is 32.7 Å². The fourth-order valence-electron chi connectivity index (χ4n) is 5.08. The van der Waals surface area contributed by atoms with Gasteiger partial charge >= 0.3 is 0 Å².